The van der Waals surface area contributed by atoms with Crippen molar-refractivity contribution in [1.82, 2.24) is 10.6 Å². The van der Waals surface area contributed by atoms with E-state index < -0.39 is 0 Å². The Bertz CT molecular complexity index is 561. The standard InChI is InChI=1S/C14H17ClN2O3S/c1-19-11-5-9(10(15)6-12(11)20-2)7-16-14(21)17-13(18)8-3-4-8/h5-6,8H,3-4,7H2,1-2H3,(H2,16,17,18,21). The van der Waals surface area contributed by atoms with Crippen molar-refractivity contribution in [3.63, 3.8) is 0 Å². The molecule has 0 radical (unpaired) electrons. The number of ether oxygens (including phenoxy) is 2. The number of hydrogen-bond donors (Lipinski definition) is 2. The van der Waals surface area contributed by atoms with E-state index >= 15 is 0 Å². The minimum absolute atomic E-state index is 0.0223. The number of nitrogens with one attached hydrogen (secondary N) is 2. The number of carbonyl (C=O) groups excluding carboxylic acids is 1. The minimum Gasteiger partial charge on any atom is -0.493 e. The molecule has 1 fully saturated rings. The van der Waals surface area contributed by atoms with E-state index in [1.807, 2.05) is 0 Å². The van der Waals surface area contributed by atoms with E-state index in [-0.39, 0.29) is 11.8 Å². The molecule has 5 nitrogen and oxygen atoms in total. The molecule has 0 atom stereocenters. The Hall–Kier alpha value is -1.53. The van der Waals surface area contributed by atoms with Crippen molar-refractivity contribution in [1.29, 1.82) is 0 Å². The van der Waals surface area contributed by atoms with Gasteiger partial charge in [-0.05, 0) is 36.7 Å². The van der Waals surface area contributed by atoms with Crippen molar-refractivity contribution in [2.45, 2.75) is 19.4 Å². The minimum atomic E-state index is -0.0223. The number of hydrogen-bond acceptors (Lipinski definition) is 4. The Kier molecular flexibility index (Phi) is 5.25. The molecule has 21 heavy (non-hydrogen) atoms. The van der Waals surface area contributed by atoms with Crippen molar-refractivity contribution < 1.29 is 14.3 Å². The molecule has 1 aliphatic carbocycles. The highest BCUT2D eigenvalue weighted by molar-refractivity contribution is 7.80. The van der Waals surface area contributed by atoms with Gasteiger partial charge in [0.05, 0.1) is 14.2 Å². The first-order chi connectivity index (χ1) is 10.0. The topological polar surface area (TPSA) is 59.6 Å². The molecule has 0 spiro atoms. The van der Waals surface area contributed by atoms with Crippen molar-refractivity contribution in [2.24, 2.45) is 5.92 Å². The number of amides is 1. The molecule has 0 bridgehead atoms. The molecule has 7 heteroatoms. The molecule has 0 unspecified atom stereocenters. The van der Waals surface area contributed by atoms with Gasteiger partial charge in [0, 0.05) is 23.6 Å². The van der Waals surface area contributed by atoms with Crippen molar-refractivity contribution in [3.8, 4) is 11.5 Å². The Balaban J connectivity index is 1.95. The van der Waals surface area contributed by atoms with Crippen LogP contribution in [0, 0.1) is 5.92 Å². The summed E-state index contributed by atoms with van der Waals surface area (Å²) < 4.78 is 10.4. The van der Waals surface area contributed by atoms with Gasteiger partial charge in [0.1, 0.15) is 0 Å². The van der Waals surface area contributed by atoms with Crippen molar-refractivity contribution >= 4 is 34.8 Å². The largest absolute Gasteiger partial charge is 0.493 e. The summed E-state index contributed by atoms with van der Waals surface area (Å²) >= 11 is 11.3. The van der Waals surface area contributed by atoms with Crippen LogP contribution < -0.4 is 20.1 Å². The van der Waals surface area contributed by atoms with Crippen LogP contribution in [0.1, 0.15) is 18.4 Å². The van der Waals surface area contributed by atoms with E-state index in [1.165, 1.54) is 0 Å². The number of thiocarbonyl (C=S) groups is 1. The van der Waals surface area contributed by atoms with E-state index in [1.54, 1.807) is 26.4 Å². The van der Waals surface area contributed by atoms with Gasteiger partial charge in [-0.25, -0.2) is 0 Å². The molecule has 1 aromatic carbocycles. The van der Waals surface area contributed by atoms with Crippen LogP contribution in [0.3, 0.4) is 0 Å². The maximum atomic E-state index is 11.6. The zero-order valence-electron chi connectivity index (χ0n) is 11.9. The molecule has 1 aromatic rings. The molecule has 1 saturated carbocycles. The van der Waals surface area contributed by atoms with Gasteiger partial charge in [-0.3, -0.25) is 4.79 Å². The van der Waals surface area contributed by atoms with Crippen molar-refractivity contribution in [2.75, 3.05) is 14.2 Å². The molecule has 2 N–H and O–H groups in total. The third-order valence-corrected chi connectivity index (χ3v) is 3.78. The van der Waals surface area contributed by atoms with Crippen LogP contribution in [-0.2, 0) is 11.3 Å². The lowest BCUT2D eigenvalue weighted by molar-refractivity contribution is -0.120. The maximum absolute atomic E-state index is 11.6. The van der Waals surface area contributed by atoms with Crippen LogP contribution in [0.5, 0.6) is 11.5 Å². The lowest BCUT2D eigenvalue weighted by Gasteiger charge is -2.13. The van der Waals surface area contributed by atoms with Gasteiger partial charge in [-0.2, -0.15) is 0 Å². The van der Waals surface area contributed by atoms with E-state index in [2.05, 4.69) is 10.6 Å². The van der Waals surface area contributed by atoms with E-state index in [0.29, 0.717) is 28.2 Å². The molecular weight excluding hydrogens is 312 g/mol. The smallest absolute Gasteiger partial charge is 0.229 e. The van der Waals surface area contributed by atoms with Gasteiger partial charge < -0.3 is 20.1 Å². The molecule has 0 heterocycles. The predicted octanol–water partition coefficient (Wildman–Crippen LogP) is 2.26. The number of halogens is 1. The van der Waals surface area contributed by atoms with E-state index in [4.69, 9.17) is 33.3 Å². The number of rotatable bonds is 5. The molecule has 0 aromatic heterocycles. The zero-order chi connectivity index (χ0) is 15.4. The summed E-state index contributed by atoms with van der Waals surface area (Å²) in [7, 11) is 3.11. The lowest BCUT2D eigenvalue weighted by Crippen LogP contribution is -2.39. The predicted molar refractivity (Wildman–Crippen MR) is 84.9 cm³/mol. The van der Waals surface area contributed by atoms with Gasteiger partial charge in [-0.15, -0.1) is 0 Å². The molecule has 1 aliphatic rings. The Morgan fingerprint density at radius 1 is 1.33 bits per heavy atom. The van der Waals surface area contributed by atoms with Crippen LogP contribution >= 0.6 is 23.8 Å². The summed E-state index contributed by atoms with van der Waals surface area (Å²) in [5.41, 5.74) is 0.803. The fraction of sp³-hybridized carbons (Fsp3) is 0.429. The normalized spacial score (nSPS) is 13.5. The van der Waals surface area contributed by atoms with Gasteiger partial charge in [0.25, 0.3) is 0 Å². The SMILES string of the molecule is COc1cc(Cl)c(CNC(=S)NC(=O)C2CC2)cc1OC. The fourth-order valence-corrected chi connectivity index (χ4v) is 2.20. The van der Waals surface area contributed by atoms with Crippen LogP contribution in [0.25, 0.3) is 0 Å². The summed E-state index contributed by atoms with van der Waals surface area (Å²) in [5.74, 6) is 1.25. The summed E-state index contributed by atoms with van der Waals surface area (Å²) in [6, 6.07) is 3.46. The molecule has 0 saturated heterocycles. The Morgan fingerprint density at radius 2 is 1.95 bits per heavy atom. The second kappa shape index (κ2) is 6.95. The summed E-state index contributed by atoms with van der Waals surface area (Å²) in [4.78, 5) is 11.6. The summed E-state index contributed by atoms with van der Waals surface area (Å²) in [5, 5.41) is 6.47. The second-order valence-corrected chi connectivity index (χ2v) is 5.56. The first kappa shape index (κ1) is 15.9. The first-order valence-corrected chi connectivity index (χ1v) is 7.33. The lowest BCUT2D eigenvalue weighted by atomic mass is 10.2. The van der Waals surface area contributed by atoms with Gasteiger partial charge in [-0.1, -0.05) is 11.6 Å². The third kappa shape index (κ3) is 4.22. The highest BCUT2D eigenvalue weighted by Gasteiger charge is 2.29. The number of methoxy groups -OCH3 is 2. The Morgan fingerprint density at radius 3 is 2.52 bits per heavy atom. The monoisotopic (exact) mass is 328 g/mol. The fourth-order valence-electron chi connectivity index (χ4n) is 1.81. The average Bonchev–Trinajstić information content (AvgIpc) is 3.30. The maximum Gasteiger partial charge on any atom is 0.229 e. The molecular formula is C14H17ClN2O3S. The highest BCUT2D eigenvalue weighted by Crippen LogP contribution is 2.33. The average molecular weight is 329 g/mol. The number of carbonyl (C=O) groups is 1. The van der Waals surface area contributed by atoms with E-state index in [0.717, 1.165) is 18.4 Å². The van der Waals surface area contributed by atoms with Crippen LogP contribution in [0.2, 0.25) is 5.02 Å². The first-order valence-electron chi connectivity index (χ1n) is 6.54. The van der Waals surface area contributed by atoms with Gasteiger partial charge in [0.2, 0.25) is 5.91 Å². The summed E-state index contributed by atoms with van der Waals surface area (Å²) in [6.07, 6.45) is 1.88. The van der Waals surface area contributed by atoms with Crippen LogP contribution in [0.4, 0.5) is 0 Å². The second-order valence-electron chi connectivity index (χ2n) is 4.74. The van der Waals surface area contributed by atoms with Crippen molar-refractivity contribution in [3.05, 3.63) is 22.7 Å². The van der Waals surface area contributed by atoms with Gasteiger partial charge >= 0.3 is 0 Å². The quantitative estimate of drug-likeness (QED) is 0.812. The van der Waals surface area contributed by atoms with Gasteiger partial charge in [0.15, 0.2) is 16.6 Å². The molecule has 2 rings (SSSR count). The molecule has 0 aliphatic heterocycles. The Labute approximate surface area is 133 Å². The molecule has 1 amide bonds. The molecule has 114 valence electrons. The summed E-state index contributed by atoms with van der Waals surface area (Å²) in [6.45, 7) is 0.392. The highest BCUT2D eigenvalue weighted by atomic mass is 35.5. The third-order valence-electron chi connectivity index (χ3n) is 3.18. The number of benzene rings is 1. The van der Waals surface area contributed by atoms with Crippen LogP contribution in [-0.4, -0.2) is 25.2 Å². The van der Waals surface area contributed by atoms with Crippen LogP contribution in [0.15, 0.2) is 12.1 Å². The zero-order valence-corrected chi connectivity index (χ0v) is 13.4. The van der Waals surface area contributed by atoms with E-state index in [9.17, 15) is 4.79 Å².